The van der Waals surface area contributed by atoms with Crippen molar-refractivity contribution >= 4 is 34.4 Å². The standard InChI is InChI=1S/C15H13Cl2N3/c1-9-3-5-11(17)7-13(9)20-14(8-16)19-12-6-4-10(2)18-15(12)20/h3-7H,8H2,1-2H3. The molecule has 0 spiro atoms. The van der Waals surface area contributed by atoms with Crippen LogP contribution < -0.4 is 0 Å². The van der Waals surface area contributed by atoms with Gasteiger partial charge in [0, 0.05) is 10.7 Å². The molecule has 0 N–H and O–H groups in total. The Labute approximate surface area is 127 Å². The molecule has 0 unspecified atom stereocenters. The second-order valence-corrected chi connectivity index (χ2v) is 5.43. The van der Waals surface area contributed by atoms with Gasteiger partial charge in [0.25, 0.3) is 0 Å². The van der Waals surface area contributed by atoms with E-state index in [1.807, 2.05) is 48.7 Å². The number of rotatable bonds is 2. The molecule has 20 heavy (non-hydrogen) atoms. The summed E-state index contributed by atoms with van der Waals surface area (Å²) in [4.78, 5) is 9.13. The fourth-order valence-electron chi connectivity index (χ4n) is 2.26. The van der Waals surface area contributed by atoms with Crippen molar-refractivity contribution < 1.29 is 0 Å². The molecule has 0 atom stereocenters. The van der Waals surface area contributed by atoms with Crippen molar-refractivity contribution in [1.29, 1.82) is 0 Å². The number of imidazole rings is 1. The van der Waals surface area contributed by atoms with E-state index in [1.165, 1.54) is 0 Å². The lowest BCUT2D eigenvalue weighted by Crippen LogP contribution is -2.03. The monoisotopic (exact) mass is 305 g/mol. The maximum absolute atomic E-state index is 6.12. The predicted molar refractivity (Wildman–Crippen MR) is 82.9 cm³/mol. The zero-order valence-corrected chi connectivity index (χ0v) is 12.7. The first-order valence-corrected chi connectivity index (χ1v) is 7.19. The summed E-state index contributed by atoms with van der Waals surface area (Å²) in [5.74, 6) is 1.09. The summed E-state index contributed by atoms with van der Waals surface area (Å²) in [6.07, 6.45) is 0. The topological polar surface area (TPSA) is 30.7 Å². The minimum absolute atomic E-state index is 0.321. The molecule has 3 aromatic rings. The average molecular weight is 306 g/mol. The van der Waals surface area contributed by atoms with Gasteiger partial charge in [-0.25, -0.2) is 9.97 Å². The molecule has 0 aliphatic rings. The number of halogens is 2. The van der Waals surface area contributed by atoms with E-state index in [4.69, 9.17) is 23.2 Å². The van der Waals surface area contributed by atoms with Crippen LogP contribution in [0, 0.1) is 13.8 Å². The largest absolute Gasteiger partial charge is 0.279 e. The number of aryl methyl sites for hydroxylation is 2. The third kappa shape index (κ3) is 2.17. The lowest BCUT2D eigenvalue weighted by Gasteiger charge is -2.11. The first-order chi connectivity index (χ1) is 9.60. The Bertz CT molecular complexity index is 793. The molecular weight excluding hydrogens is 293 g/mol. The Morgan fingerprint density at radius 1 is 1.10 bits per heavy atom. The lowest BCUT2D eigenvalue weighted by atomic mass is 10.2. The summed E-state index contributed by atoms with van der Waals surface area (Å²) < 4.78 is 1.98. The molecule has 0 amide bonds. The lowest BCUT2D eigenvalue weighted by molar-refractivity contribution is 0.957. The molecule has 0 saturated carbocycles. The van der Waals surface area contributed by atoms with E-state index in [-0.39, 0.29) is 0 Å². The Hall–Kier alpha value is -1.58. The molecule has 1 aromatic carbocycles. The van der Waals surface area contributed by atoms with Crippen molar-refractivity contribution in [2.75, 3.05) is 0 Å². The summed E-state index contributed by atoms with van der Waals surface area (Å²) in [5.41, 5.74) is 4.66. The molecule has 3 rings (SSSR count). The normalized spacial score (nSPS) is 11.2. The molecule has 102 valence electrons. The van der Waals surface area contributed by atoms with Gasteiger partial charge in [0.1, 0.15) is 11.3 Å². The Balaban J connectivity index is 2.39. The van der Waals surface area contributed by atoms with Gasteiger partial charge in [0.15, 0.2) is 5.65 Å². The van der Waals surface area contributed by atoms with Gasteiger partial charge in [0.2, 0.25) is 0 Å². The van der Waals surface area contributed by atoms with Crippen LogP contribution in [0.4, 0.5) is 0 Å². The Morgan fingerprint density at radius 3 is 2.65 bits per heavy atom. The minimum Gasteiger partial charge on any atom is -0.279 e. The fraction of sp³-hybridized carbons (Fsp3) is 0.200. The number of alkyl halides is 1. The van der Waals surface area contributed by atoms with Crippen LogP contribution >= 0.6 is 23.2 Å². The smallest absolute Gasteiger partial charge is 0.164 e. The van der Waals surface area contributed by atoms with Gasteiger partial charge in [-0.3, -0.25) is 4.57 Å². The van der Waals surface area contributed by atoms with Crippen LogP contribution in [0.15, 0.2) is 30.3 Å². The number of pyridine rings is 1. The first kappa shape index (κ1) is 13.4. The van der Waals surface area contributed by atoms with Crippen molar-refractivity contribution in [2.24, 2.45) is 0 Å². The molecule has 3 nitrogen and oxygen atoms in total. The van der Waals surface area contributed by atoms with Crippen LogP contribution in [-0.2, 0) is 5.88 Å². The van der Waals surface area contributed by atoms with Crippen LogP contribution in [0.2, 0.25) is 5.02 Å². The SMILES string of the molecule is Cc1ccc2nc(CCl)n(-c3cc(Cl)ccc3C)c2n1. The molecule has 2 aromatic heterocycles. The molecule has 0 aliphatic heterocycles. The Morgan fingerprint density at radius 2 is 1.90 bits per heavy atom. The van der Waals surface area contributed by atoms with Gasteiger partial charge in [-0.1, -0.05) is 17.7 Å². The van der Waals surface area contributed by atoms with E-state index in [0.29, 0.717) is 10.9 Å². The van der Waals surface area contributed by atoms with Crippen molar-refractivity contribution in [1.82, 2.24) is 14.5 Å². The molecule has 0 aliphatic carbocycles. The van der Waals surface area contributed by atoms with Crippen molar-refractivity contribution in [2.45, 2.75) is 19.7 Å². The van der Waals surface area contributed by atoms with E-state index < -0.39 is 0 Å². The van der Waals surface area contributed by atoms with Gasteiger partial charge < -0.3 is 0 Å². The molecule has 2 heterocycles. The van der Waals surface area contributed by atoms with Crippen LogP contribution in [-0.4, -0.2) is 14.5 Å². The number of nitrogens with zero attached hydrogens (tertiary/aromatic N) is 3. The number of benzene rings is 1. The van der Waals surface area contributed by atoms with Crippen molar-refractivity contribution in [3.63, 3.8) is 0 Å². The highest BCUT2D eigenvalue weighted by Crippen LogP contribution is 2.26. The third-order valence-corrected chi connectivity index (χ3v) is 3.72. The van der Waals surface area contributed by atoms with E-state index in [0.717, 1.165) is 33.9 Å². The van der Waals surface area contributed by atoms with Crippen LogP contribution in [0.1, 0.15) is 17.1 Å². The molecule has 0 fully saturated rings. The second-order valence-electron chi connectivity index (χ2n) is 4.72. The Kier molecular flexibility index (Phi) is 3.40. The summed E-state index contributed by atoms with van der Waals surface area (Å²) >= 11 is 12.2. The second kappa shape index (κ2) is 5.08. The zero-order chi connectivity index (χ0) is 14.3. The van der Waals surface area contributed by atoms with Crippen LogP contribution in [0.25, 0.3) is 16.9 Å². The minimum atomic E-state index is 0.321. The highest BCUT2D eigenvalue weighted by Gasteiger charge is 2.15. The zero-order valence-electron chi connectivity index (χ0n) is 11.2. The molecule has 0 radical (unpaired) electrons. The van der Waals surface area contributed by atoms with Crippen LogP contribution in [0.3, 0.4) is 0 Å². The highest BCUT2D eigenvalue weighted by atomic mass is 35.5. The third-order valence-electron chi connectivity index (χ3n) is 3.24. The average Bonchev–Trinajstić information content (AvgIpc) is 2.79. The first-order valence-electron chi connectivity index (χ1n) is 6.27. The molecule has 0 bridgehead atoms. The fourth-order valence-corrected chi connectivity index (χ4v) is 2.61. The number of aromatic nitrogens is 3. The summed E-state index contributed by atoms with van der Waals surface area (Å²) in [6.45, 7) is 3.99. The quantitative estimate of drug-likeness (QED) is 0.656. The number of hydrogen-bond acceptors (Lipinski definition) is 2. The van der Waals surface area contributed by atoms with Crippen molar-refractivity contribution in [3.8, 4) is 5.69 Å². The highest BCUT2D eigenvalue weighted by molar-refractivity contribution is 6.30. The number of fused-ring (bicyclic) bond motifs is 1. The summed E-state index contributed by atoms with van der Waals surface area (Å²) in [6, 6.07) is 9.68. The maximum Gasteiger partial charge on any atom is 0.164 e. The van der Waals surface area contributed by atoms with Gasteiger partial charge in [-0.2, -0.15) is 0 Å². The summed E-state index contributed by atoms with van der Waals surface area (Å²) in [7, 11) is 0. The van der Waals surface area contributed by atoms with E-state index >= 15 is 0 Å². The van der Waals surface area contributed by atoms with E-state index in [1.54, 1.807) is 0 Å². The van der Waals surface area contributed by atoms with Gasteiger partial charge in [-0.15, -0.1) is 11.6 Å². The molecule has 0 saturated heterocycles. The molecule has 5 heteroatoms. The van der Waals surface area contributed by atoms with Crippen molar-refractivity contribution in [3.05, 3.63) is 52.4 Å². The van der Waals surface area contributed by atoms with Crippen LogP contribution in [0.5, 0.6) is 0 Å². The van der Waals surface area contributed by atoms with E-state index in [2.05, 4.69) is 9.97 Å². The van der Waals surface area contributed by atoms with Gasteiger partial charge >= 0.3 is 0 Å². The van der Waals surface area contributed by atoms with Gasteiger partial charge in [0.05, 0.1) is 11.6 Å². The maximum atomic E-state index is 6.12. The molecular formula is C15H13Cl2N3. The van der Waals surface area contributed by atoms with Gasteiger partial charge in [-0.05, 0) is 43.7 Å². The summed E-state index contributed by atoms with van der Waals surface area (Å²) in [5, 5.41) is 0.681. The van der Waals surface area contributed by atoms with E-state index in [9.17, 15) is 0 Å². The number of hydrogen-bond donors (Lipinski definition) is 0. The predicted octanol–water partition coefficient (Wildman–Crippen LogP) is 4.43.